The zero-order valence-electron chi connectivity index (χ0n) is 7.16. The van der Waals surface area contributed by atoms with Crippen LogP contribution in [0.25, 0.3) is 0 Å². The summed E-state index contributed by atoms with van der Waals surface area (Å²) >= 11 is 5.31. The van der Waals surface area contributed by atoms with Gasteiger partial charge in [0.05, 0.1) is 6.04 Å². The maximum atomic E-state index is 10.8. The normalized spacial score (nSPS) is 12.2. The van der Waals surface area contributed by atoms with Gasteiger partial charge in [-0.1, -0.05) is 0 Å². The smallest absolute Gasteiger partial charge is 0.217 e. The molecule has 1 atom stereocenters. The van der Waals surface area contributed by atoms with Crippen LogP contribution in [0, 0.1) is 0 Å². The highest BCUT2D eigenvalue weighted by Crippen LogP contribution is 2.03. The molecular weight excluding hydrogens is 194 g/mol. The Morgan fingerprint density at radius 3 is 2.50 bits per heavy atom. The monoisotopic (exact) mass is 207 g/mol. The minimum absolute atomic E-state index is 0.191. The fourth-order valence-electron chi connectivity index (χ4n) is 0.738. The van der Waals surface area contributed by atoms with E-state index in [4.69, 9.17) is 0 Å². The van der Waals surface area contributed by atoms with Gasteiger partial charge in [-0.05, 0) is 18.4 Å². The average Bonchev–Trinajstić information content (AvgIpc) is 1.96. The third kappa shape index (κ3) is 5.49. The molecule has 0 radical (unpaired) electrons. The Labute approximate surface area is 82.1 Å². The van der Waals surface area contributed by atoms with Crippen LogP contribution in [0.5, 0.6) is 0 Å². The first-order valence-electron chi connectivity index (χ1n) is 3.56. The van der Waals surface area contributed by atoms with Crippen LogP contribution in [0.2, 0.25) is 0 Å². The maximum absolute atomic E-state index is 10.8. The number of hydrogen-bond donors (Lipinski definition) is 2. The third-order valence-corrected chi connectivity index (χ3v) is 2.24. The van der Waals surface area contributed by atoms with E-state index < -0.39 is 6.04 Å². The minimum Gasteiger partial charge on any atom is -0.346 e. The van der Waals surface area contributed by atoms with E-state index >= 15 is 0 Å². The fraction of sp³-hybridized carbons (Fsp3) is 0.714. The van der Waals surface area contributed by atoms with E-state index in [-0.39, 0.29) is 11.0 Å². The van der Waals surface area contributed by atoms with Gasteiger partial charge < -0.3 is 5.32 Å². The van der Waals surface area contributed by atoms with Gasteiger partial charge in [-0.2, -0.15) is 11.8 Å². The van der Waals surface area contributed by atoms with E-state index in [9.17, 15) is 9.59 Å². The topological polar surface area (TPSA) is 46.2 Å². The van der Waals surface area contributed by atoms with Crippen LogP contribution in [0.3, 0.4) is 0 Å². The summed E-state index contributed by atoms with van der Waals surface area (Å²) in [7, 11) is 0. The van der Waals surface area contributed by atoms with Crippen LogP contribution in [-0.4, -0.2) is 29.1 Å². The van der Waals surface area contributed by atoms with Gasteiger partial charge in [0, 0.05) is 6.92 Å². The minimum atomic E-state index is -0.432. The van der Waals surface area contributed by atoms with Gasteiger partial charge >= 0.3 is 0 Å². The molecular formula is C7H13NO2S2. The molecule has 0 heterocycles. The van der Waals surface area contributed by atoms with Gasteiger partial charge in [-0.3, -0.25) is 9.59 Å². The molecule has 0 spiro atoms. The summed E-state index contributed by atoms with van der Waals surface area (Å²) in [5.74, 6) is 0.653. The molecule has 0 saturated carbocycles. The molecule has 1 N–H and O–H groups in total. The van der Waals surface area contributed by atoms with Crippen molar-refractivity contribution in [3.8, 4) is 0 Å². The van der Waals surface area contributed by atoms with Gasteiger partial charge in [-0.25, -0.2) is 0 Å². The molecule has 12 heavy (non-hydrogen) atoms. The number of nitrogens with one attached hydrogen (secondary N) is 1. The Bertz CT molecular complexity index is 173. The lowest BCUT2D eigenvalue weighted by atomic mass is 10.2. The highest BCUT2D eigenvalue weighted by atomic mass is 32.2. The fourth-order valence-corrected chi connectivity index (χ4v) is 1.40. The Hall–Kier alpha value is -0.160. The highest BCUT2D eigenvalue weighted by Gasteiger charge is 2.14. The first-order valence-corrected chi connectivity index (χ1v) is 5.41. The highest BCUT2D eigenvalue weighted by molar-refractivity contribution is 7.98. The van der Waals surface area contributed by atoms with Gasteiger partial charge in [-0.15, -0.1) is 12.6 Å². The molecule has 1 unspecified atom stereocenters. The van der Waals surface area contributed by atoms with Crippen LogP contribution in [-0.2, 0) is 9.59 Å². The van der Waals surface area contributed by atoms with Gasteiger partial charge in [0.1, 0.15) is 0 Å². The Morgan fingerprint density at radius 1 is 1.58 bits per heavy atom. The number of thioether (sulfide) groups is 1. The predicted octanol–water partition coefficient (Wildman–Crippen LogP) is 0.701. The van der Waals surface area contributed by atoms with Crippen LogP contribution < -0.4 is 5.32 Å². The molecule has 0 aliphatic heterocycles. The number of amides is 1. The summed E-state index contributed by atoms with van der Waals surface area (Å²) in [6, 6.07) is -0.432. The van der Waals surface area contributed by atoms with Crippen molar-refractivity contribution in [2.24, 2.45) is 0 Å². The van der Waals surface area contributed by atoms with E-state index in [1.807, 2.05) is 6.26 Å². The second-order valence-corrected chi connectivity index (χ2v) is 3.80. The van der Waals surface area contributed by atoms with Crippen molar-refractivity contribution in [3.63, 3.8) is 0 Å². The molecule has 70 valence electrons. The first kappa shape index (κ1) is 11.8. The summed E-state index contributed by atoms with van der Waals surface area (Å²) in [5.41, 5.74) is 0. The summed E-state index contributed by atoms with van der Waals surface area (Å²) in [4.78, 5) is 21.4. The van der Waals surface area contributed by atoms with Gasteiger partial charge in [0.2, 0.25) is 11.0 Å². The van der Waals surface area contributed by atoms with Crippen molar-refractivity contribution in [2.75, 3.05) is 12.0 Å². The van der Waals surface area contributed by atoms with Crippen molar-refractivity contribution < 1.29 is 9.59 Å². The molecule has 1 amide bonds. The molecule has 0 fully saturated rings. The second-order valence-electron chi connectivity index (χ2n) is 2.37. The molecule has 0 rings (SSSR count). The van der Waals surface area contributed by atoms with E-state index in [2.05, 4.69) is 17.9 Å². The molecule has 0 aliphatic carbocycles. The number of rotatable bonds is 5. The summed E-state index contributed by atoms with van der Waals surface area (Å²) in [6.07, 6.45) is 2.59. The lowest BCUT2D eigenvalue weighted by molar-refractivity contribution is -0.123. The molecule has 0 saturated heterocycles. The second kappa shape index (κ2) is 6.37. The SMILES string of the molecule is CSCCC(NC(C)=O)C(=O)S. The van der Waals surface area contributed by atoms with Crippen molar-refractivity contribution in [1.82, 2.24) is 5.32 Å². The number of carbonyl (C=O) groups is 2. The average molecular weight is 207 g/mol. The van der Waals surface area contributed by atoms with E-state index in [1.54, 1.807) is 11.8 Å². The van der Waals surface area contributed by atoms with Crippen molar-refractivity contribution in [3.05, 3.63) is 0 Å². The molecule has 0 aromatic heterocycles. The lowest BCUT2D eigenvalue weighted by Crippen LogP contribution is -2.37. The van der Waals surface area contributed by atoms with Crippen molar-refractivity contribution in [2.45, 2.75) is 19.4 Å². The van der Waals surface area contributed by atoms with Crippen LogP contribution in [0.1, 0.15) is 13.3 Å². The van der Waals surface area contributed by atoms with E-state index in [0.29, 0.717) is 6.42 Å². The first-order chi connectivity index (χ1) is 5.57. The number of hydrogen-bond acceptors (Lipinski definition) is 3. The summed E-state index contributed by atoms with van der Waals surface area (Å²) in [6.45, 7) is 1.39. The van der Waals surface area contributed by atoms with Crippen LogP contribution in [0.4, 0.5) is 0 Å². The molecule has 0 aromatic carbocycles. The van der Waals surface area contributed by atoms with Crippen LogP contribution in [0.15, 0.2) is 0 Å². The number of carbonyl (C=O) groups excluding carboxylic acids is 2. The van der Waals surface area contributed by atoms with Crippen molar-refractivity contribution >= 4 is 35.4 Å². The van der Waals surface area contributed by atoms with Crippen molar-refractivity contribution in [1.29, 1.82) is 0 Å². The lowest BCUT2D eigenvalue weighted by Gasteiger charge is -2.12. The summed E-state index contributed by atoms with van der Waals surface area (Å²) in [5, 5.41) is 2.26. The zero-order valence-corrected chi connectivity index (χ0v) is 8.87. The molecule has 0 aromatic rings. The predicted molar refractivity (Wildman–Crippen MR) is 54.6 cm³/mol. The largest absolute Gasteiger partial charge is 0.346 e. The standard InChI is InChI=1S/C7H13NO2S2/c1-5(9)8-6(7(10)11)3-4-12-2/h6H,3-4H2,1-2H3,(H,8,9)(H,10,11). The van der Waals surface area contributed by atoms with Gasteiger partial charge in [0.15, 0.2) is 0 Å². The molecule has 0 aliphatic rings. The molecule has 3 nitrogen and oxygen atoms in total. The maximum Gasteiger partial charge on any atom is 0.217 e. The Morgan fingerprint density at radius 2 is 2.17 bits per heavy atom. The molecule has 0 bridgehead atoms. The van der Waals surface area contributed by atoms with Gasteiger partial charge in [0.25, 0.3) is 0 Å². The van der Waals surface area contributed by atoms with E-state index in [0.717, 1.165) is 5.75 Å². The van der Waals surface area contributed by atoms with Crippen LogP contribution >= 0.6 is 24.4 Å². The Kier molecular flexibility index (Phi) is 6.28. The summed E-state index contributed by atoms with van der Waals surface area (Å²) < 4.78 is 0. The third-order valence-electron chi connectivity index (χ3n) is 1.29. The Balaban J connectivity index is 3.87. The van der Waals surface area contributed by atoms with E-state index in [1.165, 1.54) is 6.92 Å². The quantitative estimate of drug-likeness (QED) is 0.652. The number of thiol groups is 1. The zero-order chi connectivity index (χ0) is 9.56. The molecule has 5 heteroatoms.